The lowest BCUT2D eigenvalue weighted by atomic mass is 10.2. The number of nitrogens with zero attached hydrogens (tertiary/aromatic N) is 3. The number of hydrogen-bond donors (Lipinski definition) is 0. The zero-order chi connectivity index (χ0) is 13.1. The van der Waals surface area contributed by atoms with Crippen molar-refractivity contribution in [1.82, 2.24) is 15.1 Å². The minimum absolute atomic E-state index is 0.415. The molecule has 6 heteroatoms. The van der Waals surface area contributed by atoms with E-state index < -0.39 is 0 Å². The highest BCUT2D eigenvalue weighted by atomic mass is 32.1. The fraction of sp³-hybridized carbons (Fsp3) is 0.154. The van der Waals surface area contributed by atoms with Gasteiger partial charge in [0.25, 0.3) is 5.89 Å². The lowest BCUT2D eigenvalue weighted by molar-refractivity contribution is 0.326. The summed E-state index contributed by atoms with van der Waals surface area (Å²) in [6.45, 7) is 2.44. The van der Waals surface area contributed by atoms with Gasteiger partial charge in [0.2, 0.25) is 11.7 Å². The molecule has 0 spiro atoms. The highest BCUT2D eigenvalue weighted by molar-refractivity contribution is 7.08. The molecule has 0 fully saturated rings. The molecule has 0 aliphatic rings. The van der Waals surface area contributed by atoms with Crippen LogP contribution in [0.1, 0.15) is 6.92 Å². The minimum Gasteiger partial charge on any atom is -0.477 e. The zero-order valence-electron chi connectivity index (χ0n) is 10.2. The number of pyridine rings is 1. The van der Waals surface area contributed by atoms with Gasteiger partial charge in [-0.05, 0) is 30.5 Å². The standard InChI is InChI=1S/C13H11N3O2S/c1-2-17-12-10(4-3-6-14-12)13-15-11(16-18-13)9-5-7-19-8-9/h3-8H,2H2,1H3. The first-order valence-electron chi connectivity index (χ1n) is 5.83. The summed E-state index contributed by atoms with van der Waals surface area (Å²) in [6.07, 6.45) is 1.67. The van der Waals surface area contributed by atoms with E-state index in [1.54, 1.807) is 17.5 Å². The molecule has 3 heterocycles. The van der Waals surface area contributed by atoms with Crippen LogP contribution in [0.4, 0.5) is 0 Å². The third kappa shape index (κ3) is 2.34. The lowest BCUT2D eigenvalue weighted by Crippen LogP contribution is -1.96. The van der Waals surface area contributed by atoms with Gasteiger partial charge in [0, 0.05) is 17.1 Å². The third-order valence-electron chi connectivity index (χ3n) is 2.49. The molecule has 3 aromatic rings. The molecule has 0 unspecified atom stereocenters. The molecule has 0 saturated heterocycles. The maximum Gasteiger partial charge on any atom is 0.263 e. The van der Waals surface area contributed by atoms with E-state index in [1.807, 2.05) is 35.9 Å². The Labute approximate surface area is 113 Å². The van der Waals surface area contributed by atoms with Crippen molar-refractivity contribution in [2.75, 3.05) is 6.61 Å². The van der Waals surface area contributed by atoms with Crippen molar-refractivity contribution in [3.63, 3.8) is 0 Å². The molecule has 0 radical (unpaired) electrons. The first-order valence-corrected chi connectivity index (χ1v) is 6.77. The van der Waals surface area contributed by atoms with Gasteiger partial charge >= 0.3 is 0 Å². The average molecular weight is 273 g/mol. The van der Waals surface area contributed by atoms with Crippen LogP contribution in [-0.4, -0.2) is 21.7 Å². The molecule has 0 N–H and O–H groups in total. The molecular formula is C13H11N3O2S. The van der Waals surface area contributed by atoms with Crippen LogP contribution >= 0.6 is 11.3 Å². The number of hydrogen-bond acceptors (Lipinski definition) is 6. The summed E-state index contributed by atoms with van der Waals surface area (Å²) in [5.41, 5.74) is 1.65. The highest BCUT2D eigenvalue weighted by Crippen LogP contribution is 2.28. The Morgan fingerprint density at radius 3 is 3.11 bits per heavy atom. The van der Waals surface area contributed by atoms with Gasteiger partial charge in [-0.3, -0.25) is 0 Å². The van der Waals surface area contributed by atoms with Crippen LogP contribution in [0.15, 0.2) is 39.7 Å². The third-order valence-corrected chi connectivity index (χ3v) is 3.17. The van der Waals surface area contributed by atoms with Crippen LogP contribution in [0.2, 0.25) is 0 Å². The molecule has 0 atom stereocenters. The van der Waals surface area contributed by atoms with E-state index in [9.17, 15) is 0 Å². The van der Waals surface area contributed by atoms with Crippen LogP contribution in [0, 0.1) is 0 Å². The topological polar surface area (TPSA) is 61.0 Å². The second kappa shape index (κ2) is 5.19. The van der Waals surface area contributed by atoms with Crippen molar-refractivity contribution in [2.24, 2.45) is 0 Å². The number of rotatable bonds is 4. The first kappa shape index (κ1) is 11.9. The van der Waals surface area contributed by atoms with Crippen LogP contribution in [-0.2, 0) is 0 Å². The van der Waals surface area contributed by atoms with Crippen LogP contribution in [0.25, 0.3) is 22.8 Å². The van der Waals surface area contributed by atoms with Crippen LogP contribution < -0.4 is 4.74 Å². The van der Waals surface area contributed by atoms with Gasteiger partial charge in [0.05, 0.1) is 6.61 Å². The van der Waals surface area contributed by atoms with Gasteiger partial charge < -0.3 is 9.26 Å². The Morgan fingerprint density at radius 2 is 2.32 bits per heavy atom. The zero-order valence-corrected chi connectivity index (χ0v) is 11.1. The van der Waals surface area contributed by atoms with E-state index in [1.165, 1.54) is 0 Å². The Hall–Kier alpha value is -2.21. The average Bonchev–Trinajstić information content (AvgIpc) is 3.11. The molecule has 5 nitrogen and oxygen atoms in total. The predicted molar refractivity (Wildman–Crippen MR) is 72.0 cm³/mol. The molecule has 0 amide bonds. The summed E-state index contributed by atoms with van der Waals surface area (Å²) in [6, 6.07) is 5.61. The number of thiophene rings is 1. The quantitative estimate of drug-likeness (QED) is 0.730. The highest BCUT2D eigenvalue weighted by Gasteiger charge is 2.15. The minimum atomic E-state index is 0.415. The fourth-order valence-corrected chi connectivity index (χ4v) is 2.28. The number of aromatic nitrogens is 3. The van der Waals surface area contributed by atoms with Crippen LogP contribution in [0.5, 0.6) is 5.88 Å². The van der Waals surface area contributed by atoms with Crippen molar-refractivity contribution in [2.45, 2.75) is 6.92 Å². The molecule has 0 aliphatic carbocycles. The normalized spacial score (nSPS) is 10.6. The van der Waals surface area contributed by atoms with Gasteiger partial charge in [0.1, 0.15) is 5.56 Å². The first-order chi connectivity index (χ1) is 9.38. The smallest absolute Gasteiger partial charge is 0.263 e. The van der Waals surface area contributed by atoms with E-state index in [0.29, 0.717) is 29.8 Å². The molecule has 0 aromatic carbocycles. The van der Waals surface area contributed by atoms with Crippen molar-refractivity contribution in [3.8, 4) is 28.7 Å². The maximum absolute atomic E-state index is 5.45. The number of ether oxygens (including phenoxy) is 1. The van der Waals surface area contributed by atoms with E-state index in [0.717, 1.165) is 5.56 Å². The molecule has 0 bridgehead atoms. The Kier molecular flexibility index (Phi) is 3.24. The Bertz CT molecular complexity index is 664. The maximum atomic E-state index is 5.45. The van der Waals surface area contributed by atoms with Gasteiger partial charge in [0.15, 0.2) is 0 Å². The van der Waals surface area contributed by atoms with Crippen molar-refractivity contribution in [1.29, 1.82) is 0 Å². The Balaban J connectivity index is 1.99. The monoisotopic (exact) mass is 273 g/mol. The lowest BCUT2D eigenvalue weighted by Gasteiger charge is -2.04. The largest absolute Gasteiger partial charge is 0.477 e. The summed E-state index contributed by atoms with van der Waals surface area (Å²) in [5.74, 6) is 1.49. The molecule has 19 heavy (non-hydrogen) atoms. The van der Waals surface area contributed by atoms with Gasteiger partial charge in [-0.25, -0.2) is 4.98 Å². The van der Waals surface area contributed by atoms with E-state index in [2.05, 4.69) is 15.1 Å². The molecular weight excluding hydrogens is 262 g/mol. The molecule has 3 rings (SSSR count). The Morgan fingerprint density at radius 1 is 1.37 bits per heavy atom. The van der Waals surface area contributed by atoms with Crippen molar-refractivity contribution in [3.05, 3.63) is 35.2 Å². The summed E-state index contributed by atoms with van der Waals surface area (Å²) in [7, 11) is 0. The SMILES string of the molecule is CCOc1ncccc1-c1nc(-c2ccsc2)no1. The summed E-state index contributed by atoms with van der Waals surface area (Å²) < 4.78 is 10.7. The summed E-state index contributed by atoms with van der Waals surface area (Å²) >= 11 is 1.59. The van der Waals surface area contributed by atoms with Crippen molar-refractivity contribution >= 4 is 11.3 Å². The van der Waals surface area contributed by atoms with Gasteiger partial charge in [-0.15, -0.1) is 0 Å². The van der Waals surface area contributed by atoms with E-state index >= 15 is 0 Å². The van der Waals surface area contributed by atoms with E-state index in [4.69, 9.17) is 9.26 Å². The summed E-state index contributed by atoms with van der Waals surface area (Å²) in [5, 5.41) is 7.92. The summed E-state index contributed by atoms with van der Waals surface area (Å²) in [4.78, 5) is 8.54. The predicted octanol–water partition coefficient (Wildman–Crippen LogP) is 3.26. The molecule has 3 aromatic heterocycles. The molecule has 96 valence electrons. The van der Waals surface area contributed by atoms with Gasteiger partial charge in [-0.1, -0.05) is 5.16 Å². The molecule has 0 aliphatic heterocycles. The fourth-order valence-electron chi connectivity index (χ4n) is 1.65. The second-order valence-corrected chi connectivity index (χ2v) is 4.50. The van der Waals surface area contributed by atoms with E-state index in [-0.39, 0.29) is 0 Å². The van der Waals surface area contributed by atoms with Gasteiger partial charge in [-0.2, -0.15) is 16.3 Å². The van der Waals surface area contributed by atoms with Crippen molar-refractivity contribution < 1.29 is 9.26 Å². The molecule has 0 saturated carbocycles. The van der Waals surface area contributed by atoms with Crippen LogP contribution in [0.3, 0.4) is 0 Å². The second-order valence-electron chi connectivity index (χ2n) is 3.72.